The van der Waals surface area contributed by atoms with E-state index in [0.717, 1.165) is 0 Å². The normalized spacial score (nSPS) is 10.4. The number of hydrogen-bond donors (Lipinski definition) is 1. The highest BCUT2D eigenvalue weighted by molar-refractivity contribution is 6.31. The fraction of sp³-hybridized carbons (Fsp3) is 0.154. The summed E-state index contributed by atoms with van der Waals surface area (Å²) in [6, 6.07) is 6.64. The Hall–Kier alpha value is -1.94. The number of nitrogens with two attached hydrogens (primary N) is 1. The van der Waals surface area contributed by atoms with Gasteiger partial charge in [0.2, 0.25) is 0 Å². The molecule has 0 bridgehead atoms. The summed E-state index contributed by atoms with van der Waals surface area (Å²) in [7, 11) is 1.65. The predicted octanol–water partition coefficient (Wildman–Crippen LogP) is 3.10. The molecule has 0 unspecified atom stereocenters. The van der Waals surface area contributed by atoms with Gasteiger partial charge in [-0.3, -0.25) is 4.79 Å². The van der Waals surface area contributed by atoms with Gasteiger partial charge < -0.3 is 15.1 Å². The Morgan fingerprint density at radius 3 is 2.72 bits per heavy atom. The first kappa shape index (κ1) is 12.5. The van der Waals surface area contributed by atoms with E-state index in [1.807, 2.05) is 0 Å². The molecule has 0 aliphatic heterocycles. The number of anilines is 2. The number of rotatable bonds is 2. The van der Waals surface area contributed by atoms with Crippen molar-refractivity contribution < 1.29 is 9.21 Å². The van der Waals surface area contributed by atoms with Crippen LogP contribution < -0.4 is 10.6 Å². The van der Waals surface area contributed by atoms with Gasteiger partial charge in [0.25, 0.3) is 5.91 Å². The van der Waals surface area contributed by atoms with Crippen molar-refractivity contribution in [1.29, 1.82) is 0 Å². The minimum atomic E-state index is -0.185. The zero-order valence-electron chi connectivity index (χ0n) is 10.1. The van der Waals surface area contributed by atoms with Gasteiger partial charge in [-0.25, -0.2) is 0 Å². The minimum absolute atomic E-state index is 0.185. The number of benzene rings is 1. The van der Waals surface area contributed by atoms with Gasteiger partial charge in [-0.15, -0.1) is 0 Å². The summed E-state index contributed by atoms with van der Waals surface area (Å²) in [5, 5.41) is 0.530. The van der Waals surface area contributed by atoms with E-state index < -0.39 is 0 Å². The standard InChI is InChI=1S/C13H13ClN2O2/c1-8-10(5-6-18-8)13(17)16(2)12-7-9(14)3-4-11(12)15/h3-7H,15H2,1-2H3. The fourth-order valence-electron chi connectivity index (χ4n) is 1.70. The highest BCUT2D eigenvalue weighted by Crippen LogP contribution is 2.27. The van der Waals surface area contributed by atoms with Crippen molar-refractivity contribution in [3.05, 3.63) is 46.9 Å². The average Bonchev–Trinajstić information content (AvgIpc) is 2.77. The second kappa shape index (κ2) is 4.74. The van der Waals surface area contributed by atoms with E-state index in [9.17, 15) is 4.79 Å². The quantitative estimate of drug-likeness (QED) is 0.848. The summed E-state index contributed by atoms with van der Waals surface area (Å²) >= 11 is 5.91. The number of nitrogens with zero attached hydrogens (tertiary/aromatic N) is 1. The molecule has 2 rings (SSSR count). The molecule has 1 aromatic heterocycles. The molecule has 0 aliphatic carbocycles. The first-order chi connectivity index (χ1) is 8.50. The molecule has 0 radical (unpaired) electrons. The average molecular weight is 265 g/mol. The Kier molecular flexibility index (Phi) is 3.30. The molecule has 1 amide bonds. The van der Waals surface area contributed by atoms with Crippen LogP contribution in [0.3, 0.4) is 0 Å². The van der Waals surface area contributed by atoms with E-state index in [1.54, 1.807) is 38.2 Å². The second-order valence-corrected chi connectivity index (χ2v) is 4.39. The molecule has 0 fully saturated rings. The van der Waals surface area contributed by atoms with E-state index in [0.29, 0.717) is 27.7 Å². The minimum Gasteiger partial charge on any atom is -0.469 e. The number of carbonyl (C=O) groups is 1. The van der Waals surface area contributed by atoms with Crippen LogP contribution in [0.15, 0.2) is 34.9 Å². The number of carbonyl (C=O) groups excluding carboxylic acids is 1. The topological polar surface area (TPSA) is 59.5 Å². The zero-order valence-corrected chi connectivity index (χ0v) is 10.9. The molecule has 0 aliphatic rings. The fourth-order valence-corrected chi connectivity index (χ4v) is 1.87. The third-order valence-electron chi connectivity index (χ3n) is 2.75. The van der Waals surface area contributed by atoms with Gasteiger partial charge in [-0.1, -0.05) is 11.6 Å². The van der Waals surface area contributed by atoms with Gasteiger partial charge in [0.05, 0.1) is 23.2 Å². The molecule has 18 heavy (non-hydrogen) atoms. The van der Waals surface area contributed by atoms with Crippen LogP contribution in [0, 0.1) is 6.92 Å². The predicted molar refractivity (Wildman–Crippen MR) is 72.0 cm³/mol. The maximum atomic E-state index is 12.3. The van der Waals surface area contributed by atoms with Crippen molar-refractivity contribution in [3.8, 4) is 0 Å². The molecule has 2 aromatic rings. The van der Waals surface area contributed by atoms with Gasteiger partial charge in [0.1, 0.15) is 5.76 Å². The summed E-state index contributed by atoms with van der Waals surface area (Å²) in [4.78, 5) is 13.7. The van der Waals surface area contributed by atoms with Gasteiger partial charge in [-0.05, 0) is 31.2 Å². The van der Waals surface area contributed by atoms with Crippen LogP contribution in [0.25, 0.3) is 0 Å². The number of nitrogen functional groups attached to an aromatic ring is 1. The molecule has 0 saturated carbocycles. The number of halogens is 1. The number of aryl methyl sites for hydroxylation is 1. The molecular weight excluding hydrogens is 252 g/mol. The molecule has 5 heteroatoms. The molecule has 1 aromatic carbocycles. The van der Waals surface area contributed by atoms with Crippen LogP contribution in [0.1, 0.15) is 16.1 Å². The highest BCUT2D eigenvalue weighted by atomic mass is 35.5. The number of furan rings is 1. The highest BCUT2D eigenvalue weighted by Gasteiger charge is 2.19. The van der Waals surface area contributed by atoms with Gasteiger partial charge in [0.15, 0.2) is 0 Å². The Balaban J connectivity index is 2.37. The summed E-state index contributed by atoms with van der Waals surface area (Å²) in [5.74, 6) is 0.391. The molecule has 1 heterocycles. The maximum Gasteiger partial charge on any atom is 0.261 e. The molecule has 0 atom stereocenters. The number of amides is 1. The van der Waals surface area contributed by atoms with Crippen LogP contribution >= 0.6 is 11.6 Å². The smallest absolute Gasteiger partial charge is 0.261 e. The zero-order chi connectivity index (χ0) is 13.3. The first-order valence-corrected chi connectivity index (χ1v) is 5.75. The van der Waals surface area contributed by atoms with Crippen molar-refractivity contribution in [2.75, 3.05) is 17.7 Å². The number of hydrogen-bond acceptors (Lipinski definition) is 3. The van der Waals surface area contributed by atoms with Crippen molar-refractivity contribution in [2.24, 2.45) is 0 Å². The van der Waals surface area contributed by atoms with E-state index in [1.165, 1.54) is 11.2 Å². The lowest BCUT2D eigenvalue weighted by Crippen LogP contribution is -2.27. The molecule has 4 nitrogen and oxygen atoms in total. The summed E-state index contributed by atoms with van der Waals surface area (Å²) < 4.78 is 5.12. The summed E-state index contributed by atoms with van der Waals surface area (Å²) in [5.41, 5.74) is 7.43. The van der Waals surface area contributed by atoms with Crippen LogP contribution in [0.2, 0.25) is 5.02 Å². The largest absolute Gasteiger partial charge is 0.469 e. The van der Waals surface area contributed by atoms with Crippen LogP contribution in [0.5, 0.6) is 0 Å². The molecular formula is C13H13ClN2O2. The van der Waals surface area contributed by atoms with Crippen molar-refractivity contribution >= 4 is 28.9 Å². The lowest BCUT2D eigenvalue weighted by Gasteiger charge is -2.19. The third-order valence-corrected chi connectivity index (χ3v) is 2.98. The Bertz CT molecular complexity index is 592. The molecule has 0 spiro atoms. The van der Waals surface area contributed by atoms with Crippen molar-refractivity contribution in [1.82, 2.24) is 0 Å². The Morgan fingerprint density at radius 1 is 1.39 bits per heavy atom. The monoisotopic (exact) mass is 264 g/mol. The maximum absolute atomic E-state index is 12.3. The first-order valence-electron chi connectivity index (χ1n) is 5.38. The molecule has 2 N–H and O–H groups in total. The lowest BCUT2D eigenvalue weighted by molar-refractivity contribution is 0.0991. The second-order valence-electron chi connectivity index (χ2n) is 3.96. The van der Waals surface area contributed by atoms with Crippen LogP contribution in [-0.2, 0) is 0 Å². The van der Waals surface area contributed by atoms with Gasteiger partial charge in [-0.2, -0.15) is 0 Å². The van der Waals surface area contributed by atoms with Gasteiger partial charge in [0, 0.05) is 12.1 Å². The molecule has 94 valence electrons. The lowest BCUT2D eigenvalue weighted by atomic mass is 10.2. The molecule has 0 saturated heterocycles. The van der Waals surface area contributed by atoms with Crippen LogP contribution in [0.4, 0.5) is 11.4 Å². The van der Waals surface area contributed by atoms with Gasteiger partial charge >= 0.3 is 0 Å². The third kappa shape index (κ3) is 2.19. The SMILES string of the molecule is Cc1occc1C(=O)N(C)c1cc(Cl)ccc1N. The van der Waals surface area contributed by atoms with E-state index >= 15 is 0 Å². The van der Waals surface area contributed by atoms with E-state index in [4.69, 9.17) is 21.8 Å². The van der Waals surface area contributed by atoms with Crippen LogP contribution in [-0.4, -0.2) is 13.0 Å². The van der Waals surface area contributed by atoms with Crippen molar-refractivity contribution in [3.63, 3.8) is 0 Å². The van der Waals surface area contributed by atoms with Crippen molar-refractivity contribution in [2.45, 2.75) is 6.92 Å². The summed E-state index contributed by atoms with van der Waals surface area (Å²) in [6.07, 6.45) is 1.48. The van der Waals surface area contributed by atoms with E-state index in [2.05, 4.69) is 0 Å². The Labute approximate surface area is 110 Å². The Morgan fingerprint density at radius 2 is 2.11 bits per heavy atom. The summed E-state index contributed by atoms with van der Waals surface area (Å²) in [6.45, 7) is 1.74. The van der Waals surface area contributed by atoms with E-state index in [-0.39, 0.29) is 5.91 Å².